The predicted octanol–water partition coefficient (Wildman–Crippen LogP) is 3.31. The molecule has 2 atom stereocenters. The zero-order valence-electron chi connectivity index (χ0n) is 12.8. The average Bonchev–Trinajstić information content (AvgIpc) is 3.10. The maximum atomic E-state index is 6.46. The van der Waals surface area contributed by atoms with Gasteiger partial charge in [-0.05, 0) is 25.0 Å². The Morgan fingerprint density at radius 1 is 1.45 bits per heavy atom. The van der Waals surface area contributed by atoms with E-state index in [-0.39, 0.29) is 6.10 Å². The molecule has 1 aliphatic rings. The molecule has 1 aromatic heterocycles. The predicted molar refractivity (Wildman–Crippen MR) is 83.6 cm³/mol. The zero-order chi connectivity index (χ0) is 15.6. The van der Waals surface area contributed by atoms with Gasteiger partial charge in [-0.25, -0.2) is 9.67 Å². The third kappa shape index (κ3) is 3.02. The van der Waals surface area contributed by atoms with E-state index in [4.69, 9.17) is 21.1 Å². The number of ether oxygens (including phenoxy) is 2. The number of halogens is 1. The van der Waals surface area contributed by atoms with E-state index in [1.165, 1.54) is 6.33 Å². The quantitative estimate of drug-likeness (QED) is 0.847. The van der Waals surface area contributed by atoms with Gasteiger partial charge in [0.05, 0.1) is 12.7 Å². The number of rotatable bonds is 5. The molecule has 22 heavy (non-hydrogen) atoms. The first kappa shape index (κ1) is 15.5. The van der Waals surface area contributed by atoms with E-state index in [0.717, 1.165) is 24.0 Å². The van der Waals surface area contributed by atoms with Crippen molar-refractivity contribution >= 4 is 11.6 Å². The van der Waals surface area contributed by atoms with Crippen molar-refractivity contribution in [2.45, 2.75) is 45.1 Å². The molecule has 2 heterocycles. The molecule has 0 saturated carbocycles. The summed E-state index contributed by atoms with van der Waals surface area (Å²) >= 11 is 6.46. The summed E-state index contributed by atoms with van der Waals surface area (Å²) in [6.07, 6.45) is 5.25. The van der Waals surface area contributed by atoms with E-state index in [1.54, 1.807) is 11.0 Å². The largest absolute Gasteiger partial charge is 0.342 e. The van der Waals surface area contributed by atoms with Crippen molar-refractivity contribution < 1.29 is 9.47 Å². The number of aryl methyl sites for hydroxylation is 1. The van der Waals surface area contributed by atoms with Crippen molar-refractivity contribution in [3.63, 3.8) is 0 Å². The molecule has 0 aliphatic carbocycles. The highest BCUT2D eigenvalue weighted by molar-refractivity contribution is 6.31. The van der Waals surface area contributed by atoms with Gasteiger partial charge in [-0.1, -0.05) is 37.1 Å². The van der Waals surface area contributed by atoms with Crippen molar-refractivity contribution in [1.29, 1.82) is 0 Å². The van der Waals surface area contributed by atoms with E-state index in [9.17, 15) is 0 Å². The Morgan fingerprint density at radius 3 is 3.00 bits per heavy atom. The van der Waals surface area contributed by atoms with Gasteiger partial charge in [0.2, 0.25) is 5.79 Å². The van der Waals surface area contributed by atoms with Crippen LogP contribution in [-0.4, -0.2) is 27.5 Å². The number of hydrogen-bond donors (Lipinski definition) is 0. The smallest absolute Gasteiger partial charge is 0.217 e. The molecule has 2 aromatic rings. The highest BCUT2D eigenvalue weighted by atomic mass is 35.5. The summed E-state index contributed by atoms with van der Waals surface area (Å²) in [7, 11) is 0. The minimum Gasteiger partial charge on any atom is -0.342 e. The van der Waals surface area contributed by atoms with E-state index in [0.29, 0.717) is 18.2 Å². The lowest BCUT2D eigenvalue weighted by atomic mass is 10.0. The summed E-state index contributed by atoms with van der Waals surface area (Å²) in [6, 6.07) is 5.92. The molecule has 0 amide bonds. The van der Waals surface area contributed by atoms with Crippen LogP contribution < -0.4 is 0 Å². The Balaban J connectivity index is 1.96. The first-order valence-electron chi connectivity index (χ1n) is 7.54. The zero-order valence-corrected chi connectivity index (χ0v) is 13.6. The lowest BCUT2D eigenvalue weighted by Gasteiger charge is -2.29. The fraction of sp³-hybridized carbons (Fsp3) is 0.500. The van der Waals surface area contributed by atoms with Gasteiger partial charge < -0.3 is 9.47 Å². The third-order valence-electron chi connectivity index (χ3n) is 3.84. The molecule has 0 N–H and O–H groups in total. The van der Waals surface area contributed by atoms with Crippen LogP contribution in [0.1, 0.15) is 30.9 Å². The Bertz CT molecular complexity index is 632. The van der Waals surface area contributed by atoms with Crippen LogP contribution in [0.2, 0.25) is 5.02 Å². The molecule has 1 saturated heterocycles. The van der Waals surface area contributed by atoms with Crippen LogP contribution in [0.5, 0.6) is 0 Å². The van der Waals surface area contributed by atoms with Gasteiger partial charge >= 0.3 is 0 Å². The molecule has 5 nitrogen and oxygen atoms in total. The Morgan fingerprint density at radius 2 is 2.32 bits per heavy atom. The second-order valence-corrected chi connectivity index (χ2v) is 6.08. The first-order chi connectivity index (χ1) is 10.6. The first-order valence-corrected chi connectivity index (χ1v) is 7.91. The minimum atomic E-state index is -0.904. The van der Waals surface area contributed by atoms with Crippen LogP contribution in [-0.2, 0) is 21.8 Å². The Hall–Kier alpha value is -1.43. The van der Waals surface area contributed by atoms with Gasteiger partial charge in [-0.15, -0.1) is 0 Å². The summed E-state index contributed by atoms with van der Waals surface area (Å²) in [5.74, 6) is -0.904. The third-order valence-corrected chi connectivity index (χ3v) is 4.15. The molecule has 0 bridgehead atoms. The molecule has 0 radical (unpaired) electrons. The molecule has 1 fully saturated rings. The van der Waals surface area contributed by atoms with Gasteiger partial charge in [0.1, 0.15) is 19.2 Å². The lowest BCUT2D eigenvalue weighted by molar-refractivity contribution is -0.189. The van der Waals surface area contributed by atoms with Crippen LogP contribution in [0.25, 0.3) is 0 Å². The molecule has 1 aromatic carbocycles. The van der Waals surface area contributed by atoms with Crippen LogP contribution >= 0.6 is 11.6 Å². The topological polar surface area (TPSA) is 49.2 Å². The highest BCUT2D eigenvalue weighted by Crippen LogP contribution is 2.40. The van der Waals surface area contributed by atoms with Crippen LogP contribution in [0.4, 0.5) is 0 Å². The van der Waals surface area contributed by atoms with E-state index < -0.39 is 5.79 Å². The second-order valence-electron chi connectivity index (χ2n) is 5.67. The Labute approximate surface area is 135 Å². The number of hydrogen-bond acceptors (Lipinski definition) is 4. The maximum Gasteiger partial charge on any atom is 0.217 e. The van der Waals surface area contributed by atoms with Gasteiger partial charge in [0.25, 0.3) is 0 Å². The molecule has 3 rings (SSSR count). The number of benzene rings is 1. The van der Waals surface area contributed by atoms with Crippen molar-refractivity contribution in [1.82, 2.24) is 14.8 Å². The number of nitrogens with zero attached hydrogens (tertiary/aromatic N) is 3. The summed E-state index contributed by atoms with van der Waals surface area (Å²) in [5.41, 5.74) is 1.95. The van der Waals surface area contributed by atoms with Gasteiger partial charge in [0, 0.05) is 10.6 Å². The van der Waals surface area contributed by atoms with E-state index >= 15 is 0 Å². The molecular formula is C16H20ClN3O2. The minimum absolute atomic E-state index is 0.0749. The van der Waals surface area contributed by atoms with Gasteiger partial charge in [0.15, 0.2) is 0 Å². The van der Waals surface area contributed by atoms with Crippen molar-refractivity contribution in [3.05, 3.63) is 47.0 Å². The van der Waals surface area contributed by atoms with Crippen molar-refractivity contribution in [2.24, 2.45) is 0 Å². The van der Waals surface area contributed by atoms with E-state index in [1.807, 2.05) is 25.1 Å². The molecule has 6 heteroatoms. The summed E-state index contributed by atoms with van der Waals surface area (Å²) in [6.45, 7) is 5.14. The van der Waals surface area contributed by atoms with Crippen LogP contribution in [0.3, 0.4) is 0 Å². The molecule has 118 valence electrons. The Kier molecular flexibility index (Phi) is 4.47. The highest BCUT2D eigenvalue weighted by Gasteiger charge is 2.45. The van der Waals surface area contributed by atoms with Gasteiger partial charge in [-0.3, -0.25) is 0 Å². The van der Waals surface area contributed by atoms with Crippen molar-refractivity contribution in [2.75, 3.05) is 6.61 Å². The van der Waals surface area contributed by atoms with Crippen LogP contribution in [0, 0.1) is 6.92 Å². The van der Waals surface area contributed by atoms with Crippen LogP contribution in [0.15, 0.2) is 30.9 Å². The molecule has 1 aliphatic heterocycles. The summed E-state index contributed by atoms with van der Waals surface area (Å²) in [4.78, 5) is 3.99. The SMILES string of the molecule is CCCC1COC(Cn2cncn2)(c2ccc(C)cc2Cl)O1. The fourth-order valence-electron chi connectivity index (χ4n) is 2.80. The fourth-order valence-corrected chi connectivity index (χ4v) is 3.17. The average molecular weight is 322 g/mol. The number of aromatic nitrogens is 3. The standard InChI is InChI=1S/C16H20ClN3O2/c1-3-4-13-8-21-16(22-13,9-20-11-18-10-19-20)14-6-5-12(2)7-15(14)17/h5-7,10-11,13H,3-4,8-9H2,1-2H3. The maximum absolute atomic E-state index is 6.46. The second kappa shape index (κ2) is 6.36. The monoisotopic (exact) mass is 321 g/mol. The van der Waals surface area contributed by atoms with E-state index in [2.05, 4.69) is 17.0 Å². The summed E-state index contributed by atoms with van der Waals surface area (Å²) in [5, 5.41) is 4.82. The lowest BCUT2D eigenvalue weighted by Crippen LogP contribution is -2.34. The normalized spacial score (nSPS) is 24.8. The molecule has 0 spiro atoms. The summed E-state index contributed by atoms with van der Waals surface area (Å²) < 4.78 is 14.1. The molecular weight excluding hydrogens is 302 g/mol. The van der Waals surface area contributed by atoms with Gasteiger partial charge in [-0.2, -0.15) is 5.10 Å². The molecule has 2 unspecified atom stereocenters. The van der Waals surface area contributed by atoms with Crippen molar-refractivity contribution in [3.8, 4) is 0 Å².